The van der Waals surface area contributed by atoms with Crippen molar-refractivity contribution in [2.45, 2.75) is 32.2 Å². The Morgan fingerprint density at radius 1 is 1.38 bits per heavy atom. The van der Waals surface area contributed by atoms with E-state index in [1.807, 2.05) is 12.4 Å². The molecule has 0 saturated carbocycles. The average Bonchev–Trinajstić information content (AvgIpc) is 2.71. The third kappa shape index (κ3) is 1.91. The first-order valence-corrected chi connectivity index (χ1v) is 5.10. The molecule has 72 valence electrons. The van der Waals surface area contributed by atoms with E-state index in [4.69, 9.17) is 0 Å². The van der Waals surface area contributed by atoms with Crippen LogP contribution in [0.25, 0.3) is 0 Å². The molecule has 1 aromatic heterocycles. The van der Waals surface area contributed by atoms with Crippen LogP contribution >= 0.6 is 0 Å². The predicted octanol–water partition coefficient (Wildman–Crippen LogP) is 1.96. The van der Waals surface area contributed by atoms with Gasteiger partial charge in [-0.2, -0.15) is 5.10 Å². The summed E-state index contributed by atoms with van der Waals surface area (Å²) in [5.41, 5.74) is 1.31. The maximum absolute atomic E-state index is 3.99. The van der Waals surface area contributed by atoms with Gasteiger partial charge in [0.15, 0.2) is 0 Å². The number of rotatable bonds is 2. The van der Waals surface area contributed by atoms with Gasteiger partial charge in [-0.25, -0.2) is 0 Å². The number of aromatic amines is 1. The molecule has 2 rings (SSSR count). The predicted molar refractivity (Wildman–Crippen MR) is 52.4 cm³/mol. The average molecular weight is 179 g/mol. The van der Waals surface area contributed by atoms with Crippen LogP contribution in [0.15, 0.2) is 12.4 Å². The minimum Gasteiger partial charge on any atom is -0.296 e. The van der Waals surface area contributed by atoms with Crippen LogP contribution in [0.4, 0.5) is 0 Å². The zero-order valence-electron chi connectivity index (χ0n) is 8.16. The minimum atomic E-state index is 0.527. The van der Waals surface area contributed by atoms with Crippen LogP contribution in [0.3, 0.4) is 0 Å². The molecular weight excluding hydrogens is 162 g/mol. The van der Waals surface area contributed by atoms with Crippen LogP contribution in [-0.4, -0.2) is 28.2 Å². The first-order chi connectivity index (χ1) is 6.38. The maximum atomic E-state index is 3.99. The van der Waals surface area contributed by atoms with Crippen LogP contribution in [-0.2, 0) is 0 Å². The minimum absolute atomic E-state index is 0.527. The molecule has 3 heteroatoms. The van der Waals surface area contributed by atoms with Crippen molar-refractivity contribution in [1.29, 1.82) is 0 Å². The molecule has 1 atom stereocenters. The number of likely N-dealkylation sites (tertiary alicyclic amines) is 1. The highest BCUT2D eigenvalue weighted by Gasteiger charge is 2.18. The Morgan fingerprint density at radius 2 is 2.15 bits per heavy atom. The smallest absolute Gasteiger partial charge is 0.0535 e. The van der Waals surface area contributed by atoms with Gasteiger partial charge in [0.2, 0.25) is 0 Å². The van der Waals surface area contributed by atoms with Crippen molar-refractivity contribution in [1.82, 2.24) is 15.1 Å². The second kappa shape index (κ2) is 3.92. The number of hydrogen-bond donors (Lipinski definition) is 1. The van der Waals surface area contributed by atoms with Crippen molar-refractivity contribution in [3.8, 4) is 0 Å². The van der Waals surface area contributed by atoms with Crippen molar-refractivity contribution in [3.05, 3.63) is 18.0 Å². The fraction of sp³-hybridized carbons (Fsp3) is 0.700. The van der Waals surface area contributed by atoms with E-state index in [0.29, 0.717) is 6.04 Å². The van der Waals surface area contributed by atoms with E-state index in [-0.39, 0.29) is 0 Å². The molecule has 1 aromatic rings. The molecule has 2 heterocycles. The van der Waals surface area contributed by atoms with Gasteiger partial charge >= 0.3 is 0 Å². The van der Waals surface area contributed by atoms with Crippen molar-refractivity contribution in [2.75, 3.05) is 13.1 Å². The van der Waals surface area contributed by atoms with E-state index < -0.39 is 0 Å². The van der Waals surface area contributed by atoms with Crippen molar-refractivity contribution in [2.24, 2.45) is 0 Å². The van der Waals surface area contributed by atoms with Crippen LogP contribution in [0.2, 0.25) is 0 Å². The van der Waals surface area contributed by atoms with Gasteiger partial charge in [0.25, 0.3) is 0 Å². The highest BCUT2D eigenvalue weighted by Crippen LogP contribution is 2.22. The molecule has 3 nitrogen and oxygen atoms in total. The van der Waals surface area contributed by atoms with Gasteiger partial charge in [0, 0.05) is 17.8 Å². The van der Waals surface area contributed by atoms with Gasteiger partial charge in [-0.15, -0.1) is 0 Å². The molecule has 1 N–H and O–H groups in total. The van der Waals surface area contributed by atoms with E-state index >= 15 is 0 Å². The Morgan fingerprint density at radius 3 is 2.77 bits per heavy atom. The largest absolute Gasteiger partial charge is 0.296 e. The third-order valence-corrected chi connectivity index (χ3v) is 2.94. The fourth-order valence-corrected chi connectivity index (χ4v) is 2.01. The van der Waals surface area contributed by atoms with Gasteiger partial charge < -0.3 is 0 Å². The Labute approximate surface area is 79.1 Å². The number of hydrogen-bond acceptors (Lipinski definition) is 2. The van der Waals surface area contributed by atoms with Gasteiger partial charge in [0.1, 0.15) is 0 Å². The Bertz CT molecular complexity index is 237. The van der Waals surface area contributed by atoms with Gasteiger partial charge in [0.05, 0.1) is 6.20 Å². The summed E-state index contributed by atoms with van der Waals surface area (Å²) in [6.45, 7) is 4.74. The lowest BCUT2D eigenvalue weighted by Gasteiger charge is -2.31. The molecule has 13 heavy (non-hydrogen) atoms. The quantitative estimate of drug-likeness (QED) is 0.752. The summed E-state index contributed by atoms with van der Waals surface area (Å²) in [4.78, 5) is 2.54. The molecule has 0 aromatic carbocycles. The normalized spacial score (nSPS) is 21.6. The van der Waals surface area contributed by atoms with Crippen LogP contribution in [0.5, 0.6) is 0 Å². The van der Waals surface area contributed by atoms with Gasteiger partial charge in [-0.05, 0) is 32.9 Å². The zero-order chi connectivity index (χ0) is 9.10. The number of H-pyrrole nitrogens is 1. The number of nitrogens with one attached hydrogen (secondary N) is 1. The monoisotopic (exact) mass is 179 g/mol. The van der Waals surface area contributed by atoms with E-state index in [2.05, 4.69) is 22.0 Å². The van der Waals surface area contributed by atoms with Crippen molar-refractivity contribution in [3.63, 3.8) is 0 Å². The summed E-state index contributed by atoms with van der Waals surface area (Å²) in [5.74, 6) is 0. The molecule has 0 aliphatic carbocycles. The zero-order valence-corrected chi connectivity index (χ0v) is 8.16. The van der Waals surface area contributed by atoms with Gasteiger partial charge in [-0.1, -0.05) is 6.42 Å². The number of piperidine rings is 1. The van der Waals surface area contributed by atoms with E-state index in [1.165, 1.54) is 37.9 Å². The molecule has 1 aliphatic heterocycles. The SMILES string of the molecule is CC(c1cn[nH]c1)N1CCCCC1. The summed E-state index contributed by atoms with van der Waals surface area (Å²) < 4.78 is 0. The highest BCUT2D eigenvalue weighted by atomic mass is 15.2. The lowest BCUT2D eigenvalue weighted by Crippen LogP contribution is -2.32. The molecule has 1 saturated heterocycles. The summed E-state index contributed by atoms with van der Waals surface area (Å²) >= 11 is 0. The number of aromatic nitrogens is 2. The second-order valence-electron chi connectivity index (χ2n) is 3.80. The van der Waals surface area contributed by atoms with E-state index in [9.17, 15) is 0 Å². The van der Waals surface area contributed by atoms with Crippen LogP contribution in [0.1, 0.15) is 37.8 Å². The molecule has 0 bridgehead atoms. The summed E-state index contributed by atoms with van der Waals surface area (Å²) in [5, 5.41) is 6.86. The third-order valence-electron chi connectivity index (χ3n) is 2.94. The molecular formula is C10H17N3. The Balaban J connectivity index is 1.99. The highest BCUT2D eigenvalue weighted by molar-refractivity contribution is 5.08. The number of nitrogens with zero attached hydrogens (tertiary/aromatic N) is 2. The molecule has 0 radical (unpaired) electrons. The first kappa shape index (κ1) is 8.75. The molecule has 1 aliphatic rings. The Kier molecular flexibility index (Phi) is 2.64. The molecule has 1 fully saturated rings. The molecule has 0 amide bonds. The molecule has 1 unspecified atom stereocenters. The lowest BCUT2D eigenvalue weighted by molar-refractivity contribution is 0.175. The second-order valence-corrected chi connectivity index (χ2v) is 3.80. The van der Waals surface area contributed by atoms with E-state index in [1.54, 1.807) is 0 Å². The Hall–Kier alpha value is -0.830. The topological polar surface area (TPSA) is 31.9 Å². The fourth-order valence-electron chi connectivity index (χ4n) is 2.01. The van der Waals surface area contributed by atoms with Gasteiger partial charge in [-0.3, -0.25) is 10.00 Å². The van der Waals surface area contributed by atoms with E-state index in [0.717, 1.165) is 0 Å². The first-order valence-electron chi connectivity index (χ1n) is 5.10. The summed E-state index contributed by atoms with van der Waals surface area (Å²) in [6.07, 6.45) is 8.03. The summed E-state index contributed by atoms with van der Waals surface area (Å²) in [6, 6.07) is 0.527. The molecule has 0 spiro atoms. The maximum Gasteiger partial charge on any atom is 0.0535 e. The lowest BCUT2D eigenvalue weighted by atomic mass is 10.1. The summed E-state index contributed by atoms with van der Waals surface area (Å²) in [7, 11) is 0. The standard InChI is InChI=1S/C10H17N3/c1-9(10-7-11-12-8-10)13-5-3-2-4-6-13/h7-9H,2-6H2,1H3,(H,11,12). The van der Waals surface area contributed by atoms with Crippen LogP contribution in [0, 0.1) is 0 Å². The van der Waals surface area contributed by atoms with Crippen molar-refractivity contribution < 1.29 is 0 Å². The van der Waals surface area contributed by atoms with Crippen LogP contribution < -0.4 is 0 Å². The van der Waals surface area contributed by atoms with Crippen molar-refractivity contribution >= 4 is 0 Å².